The molecule has 0 spiro atoms. The largest absolute Gasteiger partial charge is 0.493 e. The summed E-state index contributed by atoms with van der Waals surface area (Å²) in [7, 11) is 4.87. The van der Waals surface area contributed by atoms with Crippen LogP contribution in [0.25, 0.3) is 0 Å². The van der Waals surface area contributed by atoms with E-state index in [9.17, 15) is 38.4 Å². The summed E-state index contributed by atoms with van der Waals surface area (Å²) in [5, 5.41) is -0.0792. The van der Waals surface area contributed by atoms with Crippen LogP contribution in [0.15, 0.2) is 96.0 Å². The highest BCUT2D eigenvalue weighted by molar-refractivity contribution is 8.02. The maximum atomic E-state index is 14.6. The molecule has 0 bridgehead atoms. The van der Waals surface area contributed by atoms with E-state index in [2.05, 4.69) is 6.07 Å². The number of fused-ring (bicyclic) bond motifs is 8. The molecule has 6 aliphatic heterocycles. The maximum absolute atomic E-state index is 14.6. The van der Waals surface area contributed by atoms with Crippen molar-refractivity contribution in [3.63, 3.8) is 0 Å². The number of hydrogen-bond acceptors (Lipinski definition) is 16. The predicted octanol–water partition coefficient (Wildman–Crippen LogP) is 8.93. The molecule has 3 atom stereocenters. The molecular weight excluding hydrogens is 1170 g/mol. The third-order valence-electron chi connectivity index (χ3n) is 18.4. The summed E-state index contributed by atoms with van der Waals surface area (Å²) in [6.07, 6.45) is 6.91. The summed E-state index contributed by atoms with van der Waals surface area (Å²) in [6, 6.07) is 29.2. The number of amides is 7. The molecule has 1 aliphatic carbocycles. The second-order valence-corrected chi connectivity index (χ2v) is 27.1. The van der Waals surface area contributed by atoms with E-state index >= 15 is 0 Å². The number of rotatable bonds is 21. The van der Waals surface area contributed by atoms with Crippen LogP contribution in [0.4, 0.5) is 22.7 Å². The third kappa shape index (κ3) is 12.7. The highest BCUT2D eigenvalue weighted by Gasteiger charge is 2.45. The molecule has 470 valence electrons. The molecule has 5 aromatic carbocycles. The zero-order valence-electron chi connectivity index (χ0n) is 51.7. The normalized spacial score (nSPS) is 20.9. The zero-order chi connectivity index (χ0) is 63.1. The van der Waals surface area contributed by atoms with Crippen LogP contribution < -0.4 is 28.9 Å². The monoisotopic (exact) mass is 1240 g/mol. The van der Waals surface area contributed by atoms with Gasteiger partial charge in [0.25, 0.3) is 23.6 Å². The highest BCUT2D eigenvalue weighted by atomic mass is 32.2. The van der Waals surface area contributed by atoms with E-state index in [0.29, 0.717) is 90.1 Å². The molecule has 12 rings (SSSR count). The molecule has 0 aromatic heterocycles. The minimum Gasteiger partial charge on any atom is -0.493 e. The molecule has 0 N–H and O–H groups in total. The van der Waals surface area contributed by atoms with Gasteiger partial charge in [-0.1, -0.05) is 36.4 Å². The molecular formula is C69H75N7O13S. The van der Waals surface area contributed by atoms with Crippen molar-refractivity contribution < 1.29 is 62.1 Å². The smallest absolute Gasteiger partial charge is 0.336 e. The molecule has 5 aromatic rings. The standard InChI is InChI=1S/C69H75N7O13S/c1-41-25-52-46(19-20-49-29-47-11-7-9-13-55(47)74(49)65(52)81)31-57(41)87-38-43-26-44(39-88-59-33-54-53(32-58(59)86-6)66(82)75-51(35-70-54)30-48-12-8-10-14-56(48)75)28-50(27-43)72(23-24-85-5)37-64(80)71(4)40-69(2,3)90-60-34-63(79)73(67(60)83)36-42-15-17-45(18-16-42)68(84)89-76-61(77)21-22-62(76)78/h7-14,25-28,31-33,35,42,45,49,51,60H,15-24,29-30,34,36-40H2,1-6H3/t42?,45?,49-,51+,60?/m1/s1. The number of likely N-dealkylation sites (N-methyl/N-ethyl adjacent to an activating group) is 1. The fourth-order valence-corrected chi connectivity index (χ4v) is 15.3. The number of imide groups is 2. The topological polar surface area (TPSA) is 215 Å². The number of hydroxylamine groups is 2. The van der Waals surface area contributed by atoms with Gasteiger partial charge in [-0.25, -0.2) is 4.79 Å². The van der Waals surface area contributed by atoms with Gasteiger partial charge in [0, 0.05) is 105 Å². The van der Waals surface area contributed by atoms with Crippen molar-refractivity contribution in [3.8, 4) is 17.2 Å². The van der Waals surface area contributed by atoms with Gasteiger partial charge in [-0.15, -0.1) is 16.8 Å². The molecule has 7 amide bonds. The summed E-state index contributed by atoms with van der Waals surface area (Å²) in [4.78, 5) is 126. The van der Waals surface area contributed by atoms with Crippen molar-refractivity contribution in [2.45, 2.75) is 127 Å². The second-order valence-electron chi connectivity index (χ2n) is 25.2. The van der Waals surface area contributed by atoms with E-state index in [1.807, 2.05) is 110 Å². The SMILES string of the molecule is COCCN(CC(=O)N(C)CC(C)(C)SC1CC(=O)N(CC2CCC(C(=O)ON3C(=O)CCC3=O)CC2)C1=O)c1cc(COc2cc3c(cc2C)C(=O)N2c4ccccc4C[C@H]2CC3)cc(COc2cc3c(cc2OC)C(=O)N2c4ccccc4C[C@H]2C=N3)c1. The molecule has 3 fully saturated rings. The Kier molecular flexibility index (Phi) is 17.6. The molecule has 21 heteroatoms. The van der Waals surface area contributed by atoms with Crippen LogP contribution in [-0.2, 0) is 70.8 Å². The maximum Gasteiger partial charge on any atom is 0.336 e. The Morgan fingerprint density at radius 1 is 0.700 bits per heavy atom. The van der Waals surface area contributed by atoms with E-state index in [-0.39, 0.29) is 99.6 Å². The number of methoxy groups -OCH3 is 2. The van der Waals surface area contributed by atoms with Gasteiger partial charge in [-0.3, -0.25) is 48.4 Å². The van der Waals surface area contributed by atoms with Crippen LogP contribution in [0.5, 0.6) is 17.2 Å². The number of hydrogen-bond donors (Lipinski definition) is 0. The van der Waals surface area contributed by atoms with Crippen molar-refractivity contribution in [3.05, 3.63) is 136 Å². The molecule has 1 unspecified atom stereocenters. The zero-order valence-corrected chi connectivity index (χ0v) is 52.5. The van der Waals surface area contributed by atoms with Gasteiger partial charge in [0.1, 0.15) is 19.0 Å². The number of anilines is 3. The van der Waals surface area contributed by atoms with Gasteiger partial charge in [0.05, 0.1) is 48.7 Å². The van der Waals surface area contributed by atoms with Crippen LogP contribution in [0.1, 0.15) is 119 Å². The third-order valence-corrected chi connectivity index (χ3v) is 19.8. The lowest BCUT2D eigenvalue weighted by molar-refractivity contribution is -0.201. The fraction of sp³-hybridized carbons (Fsp3) is 0.435. The Morgan fingerprint density at radius 2 is 1.37 bits per heavy atom. The van der Waals surface area contributed by atoms with E-state index < -0.39 is 33.7 Å². The Morgan fingerprint density at radius 3 is 2.07 bits per heavy atom. The molecule has 2 saturated heterocycles. The summed E-state index contributed by atoms with van der Waals surface area (Å²) >= 11 is 1.37. The summed E-state index contributed by atoms with van der Waals surface area (Å²) in [5.74, 6) is -1.71. The number of para-hydroxylation sites is 2. The molecule has 20 nitrogen and oxygen atoms in total. The summed E-state index contributed by atoms with van der Waals surface area (Å²) in [5.41, 5.74) is 9.63. The quantitative estimate of drug-likeness (QED) is 0.0627. The first-order chi connectivity index (χ1) is 43.3. The van der Waals surface area contributed by atoms with Crippen molar-refractivity contribution in [1.29, 1.82) is 0 Å². The fourth-order valence-electron chi connectivity index (χ4n) is 13.8. The minimum absolute atomic E-state index is 0.00246. The van der Waals surface area contributed by atoms with Gasteiger partial charge in [0.15, 0.2) is 11.5 Å². The molecule has 90 heavy (non-hydrogen) atoms. The van der Waals surface area contributed by atoms with Crippen LogP contribution in [0.3, 0.4) is 0 Å². The first-order valence-electron chi connectivity index (χ1n) is 31.0. The van der Waals surface area contributed by atoms with Crippen LogP contribution >= 0.6 is 11.8 Å². The lowest BCUT2D eigenvalue weighted by Gasteiger charge is -2.33. The molecule has 6 heterocycles. The molecule has 0 radical (unpaired) electrons. The average Bonchev–Trinajstić information content (AvgIpc) is 1.78. The van der Waals surface area contributed by atoms with E-state index in [1.54, 1.807) is 36.1 Å². The Labute approximate surface area is 527 Å². The number of carbonyl (C=O) groups is 8. The van der Waals surface area contributed by atoms with E-state index in [4.69, 9.17) is 28.8 Å². The van der Waals surface area contributed by atoms with Crippen LogP contribution in [-0.4, -0.2) is 145 Å². The van der Waals surface area contributed by atoms with Gasteiger partial charge in [-0.05, 0) is 154 Å². The summed E-state index contributed by atoms with van der Waals surface area (Å²) in [6.45, 7) is 7.15. The predicted molar refractivity (Wildman–Crippen MR) is 338 cm³/mol. The number of carbonyl (C=O) groups excluding carboxylic acids is 8. The first-order valence-corrected chi connectivity index (χ1v) is 31.9. The number of aryl methyl sites for hydroxylation is 2. The number of benzene rings is 5. The second kappa shape index (κ2) is 25.7. The first kappa shape index (κ1) is 61.7. The number of nitrogens with zero attached hydrogens (tertiary/aromatic N) is 7. The molecule has 7 aliphatic rings. The van der Waals surface area contributed by atoms with Gasteiger partial charge in [0.2, 0.25) is 17.7 Å². The van der Waals surface area contributed by atoms with Crippen LogP contribution in [0.2, 0.25) is 0 Å². The number of aliphatic imine (C=N–C) groups is 1. The number of thioether (sulfide) groups is 1. The van der Waals surface area contributed by atoms with Crippen molar-refractivity contribution >= 4 is 88.0 Å². The summed E-state index contributed by atoms with van der Waals surface area (Å²) < 4.78 is 24.2. The number of likely N-dealkylation sites (tertiary alicyclic amines) is 1. The van der Waals surface area contributed by atoms with E-state index in [1.165, 1.54) is 29.3 Å². The van der Waals surface area contributed by atoms with Gasteiger partial charge in [-0.2, -0.15) is 0 Å². The molecule has 1 saturated carbocycles. The highest BCUT2D eigenvalue weighted by Crippen LogP contribution is 2.44. The average molecular weight is 1240 g/mol. The van der Waals surface area contributed by atoms with Crippen molar-refractivity contribution in [1.82, 2.24) is 14.9 Å². The number of ether oxygens (including phenoxy) is 4. The Balaban J connectivity index is 0.743. The van der Waals surface area contributed by atoms with E-state index in [0.717, 1.165) is 58.5 Å². The van der Waals surface area contributed by atoms with Gasteiger partial charge < -0.3 is 38.5 Å². The lowest BCUT2D eigenvalue weighted by atomic mass is 9.82. The minimum atomic E-state index is -0.655. The lowest BCUT2D eigenvalue weighted by Crippen LogP contribution is -2.45. The Hall–Kier alpha value is -8.56. The van der Waals surface area contributed by atoms with Crippen molar-refractivity contribution in [2.24, 2.45) is 16.8 Å². The van der Waals surface area contributed by atoms with Crippen molar-refractivity contribution in [2.75, 3.05) is 68.8 Å². The van der Waals surface area contributed by atoms with Gasteiger partial charge >= 0.3 is 5.97 Å². The van der Waals surface area contributed by atoms with Crippen LogP contribution in [0, 0.1) is 18.8 Å². The Bertz CT molecular complexity index is 3730.